The molecule has 0 aliphatic carbocycles. The molecule has 0 saturated heterocycles. The molecule has 0 aliphatic rings. The van der Waals surface area contributed by atoms with Gasteiger partial charge in [-0.15, -0.1) is 0 Å². The zero-order chi connectivity index (χ0) is 11.5. The lowest BCUT2D eigenvalue weighted by Crippen LogP contribution is -2.01. The van der Waals surface area contributed by atoms with Gasteiger partial charge in [0.05, 0.1) is 0 Å². The van der Waals surface area contributed by atoms with Crippen molar-refractivity contribution in [2.75, 3.05) is 11.9 Å². The normalized spacial score (nSPS) is 10.1. The maximum absolute atomic E-state index is 8.86. The zero-order valence-corrected chi connectivity index (χ0v) is 9.41. The number of nitrogens with one attached hydrogen (secondary N) is 1. The molecule has 0 bridgehead atoms. The Morgan fingerprint density at radius 3 is 3.00 bits per heavy atom. The monoisotopic (exact) mass is 232 g/mol. The molecule has 0 radical (unpaired) electrons. The number of halogens is 1. The van der Waals surface area contributed by atoms with E-state index in [0.717, 1.165) is 17.3 Å². The summed E-state index contributed by atoms with van der Waals surface area (Å²) in [5, 5.41) is 14.1. The fourth-order valence-corrected chi connectivity index (χ4v) is 1.64. The Bertz CT molecular complexity index is 574. The summed E-state index contributed by atoms with van der Waals surface area (Å²) in [5.41, 5.74) is 0.368. The van der Waals surface area contributed by atoms with Crippen LogP contribution in [0.4, 0.5) is 5.82 Å². The van der Waals surface area contributed by atoms with E-state index < -0.39 is 0 Å². The molecule has 0 aliphatic heterocycles. The van der Waals surface area contributed by atoms with Crippen LogP contribution in [-0.4, -0.2) is 16.5 Å². The van der Waals surface area contributed by atoms with Crippen molar-refractivity contribution in [1.29, 1.82) is 5.26 Å². The lowest BCUT2D eigenvalue weighted by molar-refractivity contribution is 1.16. The molecule has 2 heterocycles. The Morgan fingerprint density at radius 1 is 1.50 bits per heavy atom. The van der Waals surface area contributed by atoms with Crippen LogP contribution in [-0.2, 0) is 0 Å². The van der Waals surface area contributed by atoms with Crippen molar-refractivity contribution in [1.82, 2.24) is 9.97 Å². The standard InChI is InChI=1S/C11H9ClN4/c1-2-14-11-9-4-10(12)15-6-7(9)3-8(5-13)16-11/h3-4,6H,2H2,1H3,(H,14,16). The number of nitriles is 1. The predicted octanol–water partition coefficient (Wildman–Crippen LogP) is 2.59. The summed E-state index contributed by atoms with van der Waals surface area (Å²) in [6.07, 6.45) is 1.64. The first-order valence-electron chi connectivity index (χ1n) is 4.85. The highest BCUT2D eigenvalue weighted by atomic mass is 35.5. The van der Waals surface area contributed by atoms with Gasteiger partial charge in [0, 0.05) is 23.5 Å². The van der Waals surface area contributed by atoms with Crippen molar-refractivity contribution < 1.29 is 0 Å². The maximum atomic E-state index is 8.86. The van der Waals surface area contributed by atoms with E-state index in [-0.39, 0.29) is 0 Å². The van der Waals surface area contributed by atoms with Crippen molar-refractivity contribution in [3.8, 4) is 6.07 Å². The maximum Gasteiger partial charge on any atom is 0.143 e. The number of anilines is 1. The van der Waals surface area contributed by atoms with Gasteiger partial charge in [0.2, 0.25) is 0 Å². The second kappa shape index (κ2) is 4.33. The molecule has 0 aromatic carbocycles. The van der Waals surface area contributed by atoms with E-state index >= 15 is 0 Å². The third kappa shape index (κ3) is 1.90. The Kier molecular flexibility index (Phi) is 2.88. The van der Waals surface area contributed by atoms with E-state index in [1.807, 2.05) is 13.0 Å². The number of hydrogen-bond donors (Lipinski definition) is 1. The van der Waals surface area contributed by atoms with Gasteiger partial charge in [-0.25, -0.2) is 9.97 Å². The van der Waals surface area contributed by atoms with E-state index in [0.29, 0.717) is 16.7 Å². The van der Waals surface area contributed by atoms with Crippen molar-refractivity contribution >= 4 is 28.2 Å². The van der Waals surface area contributed by atoms with Crippen LogP contribution >= 0.6 is 11.6 Å². The molecular formula is C11H9ClN4. The summed E-state index contributed by atoms with van der Waals surface area (Å²) in [6.45, 7) is 2.70. The van der Waals surface area contributed by atoms with E-state index in [4.69, 9.17) is 16.9 Å². The van der Waals surface area contributed by atoms with Gasteiger partial charge in [-0.2, -0.15) is 5.26 Å². The second-order valence-corrected chi connectivity index (χ2v) is 3.61. The topological polar surface area (TPSA) is 61.6 Å². The van der Waals surface area contributed by atoms with Crippen LogP contribution < -0.4 is 5.32 Å². The fraction of sp³-hybridized carbons (Fsp3) is 0.182. The minimum absolute atomic E-state index is 0.368. The van der Waals surface area contributed by atoms with Gasteiger partial charge < -0.3 is 5.32 Å². The number of aromatic nitrogens is 2. The summed E-state index contributed by atoms with van der Waals surface area (Å²) >= 11 is 5.83. The lowest BCUT2D eigenvalue weighted by atomic mass is 10.2. The summed E-state index contributed by atoms with van der Waals surface area (Å²) in [4.78, 5) is 8.18. The number of hydrogen-bond acceptors (Lipinski definition) is 4. The molecule has 0 saturated carbocycles. The summed E-state index contributed by atoms with van der Waals surface area (Å²) in [6, 6.07) is 5.45. The van der Waals surface area contributed by atoms with E-state index in [1.165, 1.54) is 0 Å². The Labute approximate surface area is 97.9 Å². The minimum atomic E-state index is 0.368. The largest absolute Gasteiger partial charge is 0.370 e. The van der Waals surface area contributed by atoms with Crippen LogP contribution in [0.5, 0.6) is 0 Å². The van der Waals surface area contributed by atoms with Crippen LogP contribution in [0.25, 0.3) is 10.8 Å². The molecule has 0 spiro atoms. The third-order valence-corrected chi connectivity index (χ3v) is 2.35. The molecule has 0 fully saturated rings. The summed E-state index contributed by atoms with van der Waals surface area (Å²) in [5.74, 6) is 0.667. The molecule has 4 nitrogen and oxygen atoms in total. The molecule has 2 aromatic rings. The average molecular weight is 233 g/mol. The number of fused-ring (bicyclic) bond motifs is 1. The molecule has 0 unspecified atom stereocenters. The van der Waals surface area contributed by atoms with Crippen molar-refractivity contribution in [3.63, 3.8) is 0 Å². The first kappa shape index (κ1) is 10.7. The van der Waals surface area contributed by atoms with Crippen molar-refractivity contribution in [2.45, 2.75) is 6.92 Å². The molecule has 16 heavy (non-hydrogen) atoms. The van der Waals surface area contributed by atoms with Gasteiger partial charge in [-0.3, -0.25) is 0 Å². The van der Waals surface area contributed by atoms with Crippen LogP contribution in [0.1, 0.15) is 12.6 Å². The van der Waals surface area contributed by atoms with Crippen LogP contribution in [0.2, 0.25) is 5.15 Å². The summed E-state index contributed by atoms with van der Waals surface area (Å²) in [7, 11) is 0. The van der Waals surface area contributed by atoms with Crippen molar-refractivity contribution in [3.05, 3.63) is 29.2 Å². The van der Waals surface area contributed by atoms with Gasteiger partial charge in [0.15, 0.2) is 0 Å². The highest BCUT2D eigenvalue weighted by Crippen LogP contribution is 2.24. The molecular weight excluding hydrogens is 224 g/mol. The SMILES string of the molecule is CCNc1nc(C#N)cc2cnc(Cl)cc12. The molecule has 2 rings (SSSR count). The van der Waals surface area contributed by atoms with Gasteiger partial charge in [0.25, 0.3) is 0 Å². The summed E-state index contributed by atoms with van der Waals surface area (Å²) < 4.78 is 0. The molecule has 0 amide bonds. The first-order chi connectivity index (χ1) is 7.74. The van der Waals surface area contributed by atoms with E-state index in [1.54, 1.807) is 18.3 Å². The molecule has 2 aromatic heterocycles. The quantitative estimate of drug-likeness (QED) is 0.809. The van der Waals surface area contributed by atoms with Crippen LogP contribution in [0, 0.1) is 11.3 Å². The smallest absolute Gasteiger partial charge is 0.143 e. The lowest BCUT2D eigenvalue weighted by Gasteiger charge is -2.07. The predicted molar refractivity (Wildman–Crippen MR) is 63.4 cm³/mol. The van der Waals surface area contributed by atoms with Gasteiger partial charge >= 0.3 is 0 Å². The third-order valence-electron chi connectivity index (χ3n) is 2.14. The van der Waals surface area contributed by atoms with Gasteiger partial charge in [-0.05, 0) is 19.1 Å². The van der Waals surface area contributed by atoms with Crippen LogP contribution in [0.15, 0.2) is 18.3 Å². The Hall–Kier alpha value is -1.86. The van der Waals surface area contributed by atoms with Gasteiger partial charge in [0.1, 0.15) is 22.7 Å². The highest BCUT2D eigenvalue weighted by Gasteiger charge is 2.06. The molecule has 0 atom stereocenters. The first-order valence-corrected chi connectivity index (χ1v) is 5.22. The Balaban J connectivity index is 2.73. The average Bonchev–Trinajstić information content (AvgIpc) is 2.30. The van der Waals surface area contributed by atoms with Crippen molar-refractivity contribution in [2.24, 2.45) is 0 Å². The van der Waals surface area contributed by atoms with Gasteiger partial charge in [-0.1, -0.05) is 11.6 Å². The second-order valence-electron chi connectivity index (χ2n) is 3.23. The Morgan fingerprint density at radius 2 is 2.31 bits per heavy atom. The molecule has 80 valence electrons. The van der Waals surface area contributed by atoms with E-state index in [2.05, 4.69) is 15.3 Å². The highest BCUT2D eigenvalue weighted by molar-refractivity contribution is 6.30. The minimum Gasteiger partial charge on any atom is -0.370 e. The molecule has 1 N–H and O–H groups in total. The fourth-order valence-electron chi connectivity index (χ4n) is 1.48. The van der Waals surface area contributed by atoms with Crippen LogP contribution in [0.3, 0.4) is 0 Å². The number of rotatable bonds is 2. The van der Waals surface area contributed by atoms with E-state index in [9.17, 15) is 0 Å². The number of pyridine rings is 2. The molecule has 5 heteroatoms. The zero-order valence-electron chi connectivity index (χ0n) is 8.66. The number of nitrogens with zero attached hydrogens (tertiary/aromatic N) is 3.